The van der Waals surface area contributed by atoms with Gasteiger partial charge in [0.25, 0.3) is 0 Å². The van der Waals surface area contributed by atoms with Crippen LogP contribution in [0, 0.1) is 0 Å². The summed E-state index contributed by atoms with van der Waals surface area (Å²) in [5, 5.41) is 0. The lowest BCUT2D eigenvalue weighted by molar-refractivity contribution is -0.167. The molecule has 0 aliphatic rings. The summed E-state index contributed by atoms with van der Waals surface area (Å²) in [7, 11) is 0. The Labute approximate surface area is 509 Å². The summed E-state index contributed by atoms with van der Waals surface area (Å²) in [6, 6.07) is 0. The fourth-order valence-corrected chi connectivity index (χ4v) is 10.2. The molecule has 0 fully saturated rings. The van der Waals surface area contributed by atoms with E-state index in [-0.39, 0.29) is 31.1 Å². The number of unbranched alkanes of at least 4 members (excludes halogenated alkanes) is 40. The summed E-state index contributed by atoms with van der Waals surface area (Å²) in [5.74, 6) is -0.887. The normalized spacial score (nSPS) is 12.6. The van der Waals surface area contributed by atoms with E-state index in [4.69, 9.17) is 14.2 Å². The summed E-state index contributed by atoms with van der Waals surface area (Å²) in [6.07, 6.45) is 93.2. The Kier molecular flexibility index (Phi) is 67.2. The maximum absolute atomic E-state index is 12.9. The van der Waals surface area contributed by atoms with E-state index in [1.54, 1.807) is 0 Å². The van der Waals surface area contributed by atoms with Crippen molar-refractivity contribution >= 4 is 17.9 Å². The van der Waals surface area contributed by atoms with Crippen molar-refractivity contribution in [1.29, 1.82) is 0 Å². The molecule has 82 heavy (non-hydrogen) atoms. The number of allylic oxidation sites excluding steroid dienone is 14. The predicted molar refractivity (Wildman–Crippen MR) is 358 cm³/mol. The highest BCUT2D eigenvalue weighted by molar-refractivity contribution is 5.71. The van der Waals surface area contributed by atoms with Gasteiger partial charge in [0.2, 0.25) is 0 Å². The van der Waals surface area contributed by atoms with Gasteiger partial charge in [0.05, 0.1) is 0 Å². The van der Waals surface area contributed by atoms with Gasteiger partial charge in [-0.25, -0.2) is 0 Å². The zero-order valence-electron chi connectivity index (χ0n) is 54.5. The predicted octanol–water partition coefficient (Wildman–Crippen LogP) is 24.6. The highest BCUT2D eigenvalue weighted by Crippen LogP contribution is 2.17. The minimum Gasteiger partial charge on any atom is -0.462 e. The summed E-state index contributed by atoms with van der Waals surface area (Å²) in [4.78, 5) is 38.5. The second-order valence-electron chi connectivity index (χ2n) is 23.8. The lowest BCUT2D eigenvalue weighted by atomic mass is 10.0. The van der Waals surface area contributed by atoms with E-state index < -0.39 is 6.10 Å². The van der Waals surface area contributed by atoms with Gasteiger partial charge in [0.15, 0.2) is 6.10 Å². The first-order chi connectivity index (χ1) is 40.5. The highest BCUT2D eigenvalue weighted by atomic mass is 16.6. The smallest absolute Gasteiger partial charge is 0.306 e. The third-order valence-electron chi connectivity index (χ3n) is 15.6. The number of ether oxygens (including phenoxy) is 3. The van der Waals surface area contributed by atoms with Crippen LogP contribution in [0.1, 0.15) is 361 Å². The van der Waals surface area contributed by atoms with Crippen LogP contribution in [0.15, 0.2) is 85.1 Å². The number of hydrogen-bond donors (Lipinski definition) is 0. The van der Waals surface area contributed by atoms with Crippen LogP contribution >= 0.6 is 0 Å². The topological polar surface area (TPSA) is 78.9 Å². The molecule has 0 saturated carbocycles. The molecule has 474 valence electrons. The first kappa shape index (κ1) is 78.6. The van der Waals surface area contributed by atoms with Gasteiger partial charge >= 0.3 is 17.9 Å². The van der Waals surface area contributed by atoms with Crippen LogP contribution in [0.4, 0.5) is 0 Å². The van der Waals surface area contributed by atoms with Crippen molar-refractivity contribution in [2.45, 2.75) is 367 Å². The number of carbonyl (C=O) groups excluding carboxylic acids is 3. The Morgan fingerprint density at radius 2 is 0.439 bits per heavy atom. The molecule has 0 heterocycles. The SMILES string of the molecule is CCCCC/C=C\C/C=C\C/C=C\CCCCCCCCC(=O)OC(COC(=O)CCCCCCC/C=C\CCCCCCCCC)COC(=O)CCCCCCCCCCCCCCCC/C=C\C/C=C\C/C=C\CCCCCCC. The Hall–Kier alpha value is -3.41. The molecule has 1 atom stereocenters. The van der Waals surface area contributed by atoms with Gasteiger partial charge in [-0.05, 0) is 122 Å². The van der Waals surface area contributed by atoms with Crippen molar-refractivity contribution in [2.24, 2.45) is 0 Å². The zero-order chi connectivity index (χ0) is 59.2. The number of hydrogen-bond acceptors (Lipinski definition) is 6. The Morgan fingerprint density at radius 1 is 0.244 bits per heavy atom. The molecule has 0 aromatic heterocycles. The Balaban J connectivity index is 4.31. The van der Waals surface area contributed by atoms with Crippen LogP contribution in [-0.4, -0.2) is 37.2 Å². The van der Waals surface area contributed by atoms with Gasteiger partial charge in [-0.2, -0.15) is 0 Å². The molecule has 0 amide bonds. The molecular weight excluding hydrogens is 1010 g/mol. The lowest BCUT2D eigenvalue weighted by Gasteiger charge is -2.18. The van der Waals surface area contributed by atoms with Crippen molar-refractivity contribution in [2.75, 3.05) is 13.2 Å². The van der Waals surface area contributed by atoms with Crippen molar-refractivity contribution in [3.8, 4) is 0 Å². The molecule has 1 unspecified atom stereocenters. The average Bonchev–Trinajstić information content (AvgIpc) is 3.47. The Morgan fingerprint density at radius 3 is 0.720 bits per heavy atom. The monoisotopic (exact) mass is 1140 g/mol. The molecule has 0 aliphatic heterocycles. The quantitative estimate of drug-likeness (QED) is 0.0261. The third kappa shape index (κ3) is 67.4. The summed E-state index contributed by atoms with van der Waals surface area (Å²) < 4.78 is 17.0. The summed E-state index contributed by atoms with van der Waals surface area (Å²) >= 11 is 0. The van der Waals surface area contributed by atoms with Crippen molar-refractivity contribution < 1.29 is 28.6 Å². The van der Waals surface area contributed by atoms with Crippen molar-refractivity contribution in [3.05, 3.63) is 85.1 Å². The molecule has 0 N–H and O–H groups in total. The van der Waals surface area contributed by atoms with Crippen LogP contribution in [0.3, 0.4) is 0 Å². The molecule has 6 nitrogen and oxygen atoms in total. The van der Waals surface area contributed by atoms with Crippen LogP contribution in [0.25, 0.3) is 0 Å². The second kappa shape index (κ2) is 70.1. The fraction of sp³-hybridized carbons (Fsp3) is 0.776. The molecular formula is C76H134O6. The molecule has 0 aromatic carbocycles. The van der Waals surface area contributed by atoms with Crippen molar-refractivity contribution in [3.63, 3.8) is 0 Å². The van der Waals surface area contributed by atoms with E-state index in [1.807, 2.05) is 0 Å². The molecule has 0 rings (SSSR count). The van der Waals surface area contributed by atoms with Gasteiger partial charge in [-0.1, -0.05) is 305 Å². The van der Waals surface area contributed by atoms with Crippen LogP contribution < -0.4 is 0 Å². The second-order valence-corrected chi connectivity index (χ2v) is 23.8. The first-order valence-electron chi connectivity index (χ1n) is 35.6. The standard InChI is InChI=1S/C76H134O6/c1-4-7-10-13-16-19-22-25-28-31-33-34-35-36-37-38-39-40-41-42-44-45-48-51-54-57-60-63-66-69-75(78)81-72-73(71-80-74(77)68-65-62-59-56-53-50-47-30-27-24-21-18-15-12-9-6-3)82-76(79)70-67-64-61-58-55-52-49-46-43-32-29-26-23-20-17-14-11-8-5-2/h17,20,22,25-26,29-31,33,35-36,43,46-47,73H,4-16,18-19,21,23-24,27-28,32,34,37-42,44-45,48-72H2,1-3H3/b20-17-,25-22-,29-26-,33-31-,36-35-,46-43-,47-30-. The van der Waals surface area contributed by atoms with Gasteiger partial charge in [-0.3, -0.25) is 14.4 Å². The van der Waals surface area contributed by atoms with Crippen LogP contribution in [-0.2, 0) is 28.6 Å². The molecule has 0 radical (unpaired) electrons. The van der Waals surface area contributed by atoms with Crippen molar-refractivity contribution in [1.82, 2.24) is 0 Å². The largest absolute Gasteiger partial charge is 0.462 e. The van der Waals surface area contributed by atoms with E-state index in [2.05, 4.69) is 106 Å². The first-order valence-corrected chi connectivity index (χ1v) is 35.6. The molecule has 0 aromatic rings. The molecule has 0 aliphatic carbocycles. The number of esters is 3. The highest BCUT2D eigenvalue weighted by Gasteiger charge is 2.19. The van der Waals surface area contributed by atoms with E-state index in [9.17, 15) is 14.4 Å². The summed E-state index contributed by atoms with van der Waals surface area (Å²) in [5.41, 5.74) is 0. The van der Waals surface area contributed by atoms with Gasteiger partial charge < -0.3 is 14.2 Å². The molecule has 6 heteroatoms. The lowest BCUT2D eigenvalue weighted by Crippen LogP contribution is -2.30. The van der Waals surface area contributed by atoms with E-state index in [1.165, 1.54) is 218 Å². The third-order valence-corrected chi connectivity index (χ3v) is 15.6. The zero-order valence-corrected chi connectivity index (χ0v) is 54.5. The van der Waals surface area contributed by atoms with E-state index in [0.717, 1.165) is 103 Å². The number of rotatable bonds is 65. The number of carbonyl (C=O) groups is 3. The van der Waals surface area contributed by atoms with Crippen LogP contribution in [0.2, 0.25) is 0 Å². The average molecular weight is 1140 g/mol. The van der Waals surface area contributed by atoms with Gasteiger partial charge in [0.1, 0.15) is 13.2 Å². The minimum absolute atomic E-state index is 0.0828. The van der Waals surface area contributed by atoms with Gasteiger partial charge in [-0.15, -0.1) is 0 Å². The Bertz CT molecular complexity index is 1550. The maximum atomic E-state index is 12.9. The minimum atomic E-state index is -0.789. The molecule has 0 spiro atoms. The van der Waals surface area contributed by atoms with E-state index in [0.29, 0.717) is 19.3 Å². The maximum Gasteiger partial charge on any atom is 0.306 e. The molecule has 0 saturated heterocycles. The van der Waals surface area contributed by atoms with Gasteiger partial charge in [0, 0.05) is 19.3 Å². The fourth-order valence-electron chi connectivity index (χ4n) is 10.2. The van der Waals surface area contributed by atoms with Crippen LogP contribution in [0.5, 0.6) is 0 Å². The molecule has 0 bridgehead atoms. The van der Waals surface area contributed by atoms with E-state index >= 15 is 0 Å². The summed E-state index contributed by atoms with van der Waals surface area (Å²) in [6.45, 7) is 6.62.